The highest BCUT2D eigenvalue weighted by Gasteiger charge is 2.02. The van der Waals surface area contributed by atoms with Gasteiger partial charge in [-0.3, -0.25) is 4.79 Å². The predicted octanol–water partition coefficient (Wildman–Crippen LogP) is 3.86. The first-order valence-corrected chi connectivity index (χ1v) is 7.81. The van der Waals surface area contributed by atoms with E-state index in [0.717, 1.165) is 36.1 Å². The van der Waals surface area contributed by atoms with Crippen LogP contribution >= 0.6 is 0 Å². The standard InChI is InChI=1S/C19H22FNO2/c1-23-18-12-8-16(9-13-18)14-21-19(22)5-3-2-4-15-6-10-17(20)11-7-15/h6-13H,2-5,14H2,1H3,(H,21,22). The molecule has 0 aromatic heterocycles. The SMILES string of the molecule is COc1ccc(CNC(=O)CCCCc2ccc(F)cc2)cc1. The van der Waals surface area contributed by atoms with E-state index in [0.29, 0.717) is 13.0 Å². The minimum Gasteiger partial charge on any atom is -0.497 e. The van der Waals surface area contributed by atoms with Crippen molar-refractivity contribution < 1.29 is 13.9 Å². The lowest BCUT2D eigenvalue weighted by molar-refractivity contribution is -0.121. The van der Waals surface area contributed by atoms with Gasteiger partial charge in [0.05, 0.1) is 7.11 Å². The largest absolute Gasteiger partial charge is 0.497 e. The summed E-state index contributed by atoms with van der Waals surface area (Å²) in [6.45, 7) is 0.529. The summed E-state index contributed by atoms with van der Waals surface area (Å²) in [6.07, 6.45) is 3.12. The second kappa shape index (κ2) is 8.93. The first-order chi connectivity index (χ1) is 11.2. The fraction of sp³-hybridized carbons (Fsp3) is 0.316. The van der Waals surface area contributed by atoms with Gasteiger partial charge in [-0.05, 0) is 54.7 Å². The lowest BCUT2D eigenvalue weighted by Gasteiger charge is -2.06. The second-order valence-electron chi connectivity index (χ2n) is 5.46. The lowest BCUT2D eigenvalue weighted by Crippen LogP contribution is -2.22. The van der Waals surface area contributed by atoms with E-state index in [4.69, 9.17) is 4.74 Å². The maximum atomic E-state index is 12.8. The molecule has 0 atom stereocenters. The van der Waals surface area contributed by atoms with Crippen molar-refractivity contribution in [1.82, 2.24) is 5.32 Å². The molecule has 0 aliphatic rings. The maximum Gasteiger partial charge on any atom is 0.220 e. The Hall–Kier alpha value is -2.36. The van der Waals surface area contributed by atoms with Crippen LogP contribution in [0.3, 0.4) is 0 Å². The number of hydrogen-bond acceptors (Lipinski definition) is 2. The van der Waals surface area contributed by atoms with E-state index in [1.54, 1.807) is 19.2 Å². The van der Waals surface area contributed by atoms with Crippen LogP contribution in [-0.4, -0.2) is 13.0 Å². The Morgan fingerprint density at radius 2 is 1.65 bits per heavy atom. The zero-order chi connectivity index (χ0) is 16.5. The smallest absolute Gasteiger partial charge is 0.220 e. The van der Waals surface area contributed by atoms with Crippen LogP contribution in [0.25, 0.3) is 0 Å². The minimum atomic E-state index is -0.216. The summed E-state index contributed by atoms with van der Waals surface area (Å²) in [6, 6.07) is 14.2. The Balaban J connectivity index is 1.62. The summed E-state index contributed by atoms with van der Waals surface area (Å²) in [5.74, 6) is 0.646. The van der Waals surface area contributed by atoms with Gasteiger partial charge in [-0.1, -0.05) is 24.3 Å². The van der Waals surface area contributed by atoms with Gasteiger partial charge in [0.15, 0.2) is 0 Å². The van der Waals surface area contributed by atoms with Crippen LogP contribution in [0.5, 0.6) is 5.75 Å². The van der Waals surface area contributed by atoms with E-state index < -0.39 is 0 Å². The number of ether oxygens (including phenoxy) is 1. The fourth-order valence-corrected chi connectivity index (χ4v) is 2.30. The number of methoxy groups -OCH3 is 1. The van der Waals surface area contributed by atoms with Crippen LogP contribution in [-0.2, 0) is 17.8 Å². The average Bonchev–Trinajstić information content (AvgIpc) is 2.59. The van der Waals surface area contributed by atoms with Crippen molar-refractivity contribution >= 4 is 5.91 Å². The molecule has 0 spiro atoms. The Kier molecular flexibility index (Phi) is 6.60. The van der Waals surface area contributed by atoms with Crippen molar-refractivity contribution in [3.63, 3.8) is 0 Å². The number of unbranched alkanes of at least 4 members (excludes halogenated alkanes) is 1. The first kappa shape index (κ1) is 17.0. The Labute approximate surface area is 136 Å². The Bertz CT molecular complexity index is 608. The molecule has 0 heterocycles. The third-order valence-electron chi connectivity index (χ3n) is 3.68. The third-order valence-corrected chi connectivity index (χ3v) is 3.68. The molecular weight excluding hydrogens is 293 g/mol. The molecule has 0 aliphatic heterocycles. The summed E-state index contributed by atoms with van der Waals surface area (Å²) >= 11 is 0. The van der Waals surface area contributed by atoms with Crippen molar-refractivity contribution in [1.29, 1.82) is 0 Å². The molecule has 3 nitrogen and oxygen atoms in total. The number of halogens is 1. The third kappa shape index (κ3) is 6.10. The van der Waals surface area contributed by atoms with E-state index >= 15 is 0 Å². The number of carbonyl (C=O) groups is 1. The maximum absolute atomic E-state index is 12.8. The van der Waals surface area contributed by atoms with Crippen molar-refractivity contribution in [3.05, 3.63) is 65.5 Å². The van der Waals surface area contributed by atoms with Crippen LogP contribution < -0.4 is 10.1 Å². The van der Waals surface area contributed by atoms with Gasteiger partial charge in [0.1, 0.15) is 11.6 Å². The zero-order valence-corrected chi connectivity index (χ0v) is 13.3. The number of benzene rings is 2. The Morgan fingerprint density at radius 1 is 1.00 bits per heavy atom. The van der Waals surface area contributed by atoms with Crippen LogP contribution in [0.1, 0.15) is 30.4 Å². The normalized spacial score (nSPS) is 10.3. The summed E-state index contributed by atoms with van der Waals surface area (Å²) < 4.78 is 17.9. The first-order valence-electron chi connectivity index (χ1n) is 7.81. The molecule has 4 heteroatoms. The van der Waals surface area contributed by atoms with E-state index in [1.807, 2.05) is 24.3 Å². The molecule has 2 aromatic rings. The lowest BCUT2D eigenvalue weighted by atomic mass is 10.1. The molecule has 1 N–H and O–H groups in total. The molecule has 0 aliphatic carbocycles. The number of hydrogen-bond donors (Lipinski definition) is 1. The van der Waals surface area contributed by atoms with Crippen molar-refractivity contribution in [3.8, 4) is 5.75 Å². The number of amides is 1. The monoisotopic (exact) mass is 315 g/mol. The highest BCUT2D eigenvalue weighted by Crippen LogP contribution is 2.11. The van der Waals surface area contributed by atoms with Crippen molar-refractivity contribution in [2.24, 2.45) is 0 Å². The van der Waals surface area contributed by atoms with Crippen molar-refractivity contribution in [2.75, 3.05) is 7.11 Å². The van der Waals surface area contributed by atoms with E-state index in [-0.39, 0.29) is 11.7 Å². The molecule has 122 valence electrons. The highest BCUT2D eigenvalue weighted by atomic mass is 19.1. The van der Waals surface area contributed by atoms with Crippen LogP contribution in [0.4, 0.5) is 4.39 Å². The van der Waals surface area contributed by atoms with Crippen LogP contribution in [0.15, 0.2) is 48.5 Å². The summed E-state index contributed by atoms with van der Waals surface area (Å²) in [7, 11) is 1.63. The fourth-order valence-electron chi connectivity index (χ4n) is 2.30. The van der Waals surface area contributed by atoms with Gasteiger partial charge < -0.3 is 10.1 Å². The van der Waals surface area contributed by atoms with Gasteiger partial charge in [0.2, 0.25) is 5.91 Å². The highest BCUT2D eigenvalue weighted by molar-refractivity contribution is 5.75. The second-order valence-corrected chi connectivity index (χ2v) is 5.46. The number of carbonyl (C=O) groups excluding carboxylic acids is 1. The van der Waals surface area contributed by atoms with E-state index in [1.165, 1.54) is 12.1 Å². The summed E-state index contributed by atoms with van der Waals surface area (Å²) in [5.41, 5.74) is 2.15. The molecule has 23 heavy (non-hydrogen) atoms. The zero-order valence-electron chi connectivity index (χ0n) is 13.3. The summed E-state index contributed by atoms with van der Waals surface area (Å²) in [5, 5.41) is 2.91. The molecule has 0 radical (unpaired) electrons. The summed E-state index contributed by atoms with van der Waals surface area (Å²) in [4.78, 5) is 11.8. The molecule has 0 unspecified atom stereocenters. The van der Waals surface area contributed by atoms with Gasteiger partial charge in [-0.25, -0.2) is 4.39 Å². The predicted molar refractivity (Wildman–Crippen MR) is 88.8 cm³/mol. The molecule has 2 rings (SSSR count). The van der Waals surface area contributed by atoms with Crippen LogP contribution in [0, 0.1) is 5.82 Å². The molecular formula is C19H22FNO2. The van der Waals surface area contributed by atoms with E-state index in [2.05, 4.69) is 5.32 Å². The molecule has 1 amide bonds. The van der Waals surface area contributed by atoms with Gasteiger partial charge in [-0.2, -0.15) is 0 Å². The van der Waals surface area contributed by atoms with Crippen LogP contribution in [0.2, 0.25) is 0 Å². The molecule has 2 aromatic carbocycles. The minimum absolute atomic E-state index is 0.0555. The van der Waals surface area contributed by atoms with Crippen molar-refractivity contribution in [2.45, 2.75) is 32.2 Å². The number of rotatable bonds is 8. The number of aryl methyl sites for hydroxylation is 1. The quantitative estimate of drug-likeness (QED) is 0.751. The van der Waals surface area contributed by atoms with Gasteiger partial charge >= 0.3 is 0 Å². The van der Waals surface area contributed by atoms with Gasteiger partial charge in [-0.15, -0.1) is 0 Å². The topological polar surface area (TPSA) is 38.3 Å². The average molecular weight is 315 g/mol. The molecule has 0 saturated carbocycles. The Morgan fingerprint density at radius 3 is 2.30 bits per heavy atom. The molecule has 0 fully saturated rings. The number of nitrogens with one attached hydrogen (secondary N) is 1. The van der Waals surface area contributed by atoms with Gasteiger partial charge in [0, 0.05) is 13.0 Å². The molecule has 0 bridgehead atoms. The molecule has 0 saturated heterocycles. The van der Waals surface area contributed by atoms with Gasteiger partial charge in [0.25, 0.3) is 0 Å². The van der Waals surface area contributed by atoms with E-state index in [9.17, 15) is 9.18 Å².